The van der Waals surface area contributed by atoms with Crippen LogP contribution in [0, 0.1) is 11.3 Å². The Balaban J connectivity index is 1.68. The van der Waals surface area contributed by atoms with Gasteiger partial charge in [-0.3, -0.25) is 4.79 Å². The van der Waals surface area contributed by atoms with Gasteiger partial charge < -0.3 is 14.8 Å². The summed E-state index contributed by atoms with van der Waals surface area (Å²) < 4.78 is 11.2. The first-order valence-electron chi connectivity index (χ1n) is 9.71. The quantitative estimate of drug-likeness (QED) is 0.357. The van der Waals surface area contributed by atoms with Gasteiger partial charge in [0.1, 0.15) is 29.7 Å². The molecule has 0 aromatic heterocycles. The SMILES string of the molecule is CCOc1ccc(NC(=O)/C(C#N)=C\c2cccc(OCc3ccccc3Cl)c2)cc1. The van der Waals surface area contributed by atoms with Crippen molar-refractivity contribution in [3.8, 4) is 17.6 Å². The highest BCUT2D eigenvalue weighted by Gasteiger charge is 2.10. The summed E-state index contributed by atoms with van der Waals surface area (Å²) in [5.41, 5.74) is 2.11. The molecule has 0 aliphatic heterocycles. The molecule has 0 saturated carbocycles. The summed E-state index contributed by atoms with van der Waals surface area (Å²) >= 11 is 6.16. The monoisotopic (exact) mass is 432 g/mol. The Kier molecular flexibility index (Phi) is 7.69. The van der Waals surface area contributed by atoms with Gasteiger partial charge in [0.2, 0.25) is 0 Å². The zero-order valence-corrected chi connectivity index (χ0v) is 17.7. The van der Waals surface area contributed by atoms with Gasteiger partial charge in [0, 0.05) is 16.3 Å². The van der Waals surface area contributed by atoms with E-state index in [1.54, 1.807) is 48.5 Å². The van der Waals surface area contributed by atoms with Crippen molar-refractivity contribution in [2.75, 3.05) is 11.9 Å². The number of nitriles is 1. The molecule has 0 unspecified atom stereocenters. The number of benzene rings is 3. The average molecular weight is 433 g/mol. The van der Waals surface area contributed by atoms with Crippen molar-refractivity contribution in [3.05, 3.63) is 94.5 Å². The third-order valence-corrected chi connectivity index (χ3v) is 4.68. The maximum Gasteiger partial charge on any atom is 0.266 e. The molecule has 0 aliphatic carbocycles. The van der Waals surface area contributed by atoms with Crippen LogP contribution < -0.4 is 14.8 Å². The van der Waals surface area contributed by atoms with E-state index in [4.69, 9.17) is 21.1 Å². The highest BCUT2D eigenvalue weighted by atomic mass is 35.5. The summed E-state index contributed by atoms with van der Waals surface area (Å²) in [7, 11) is 0. The maximum atomic E-state index is 12.5. The van der Waals surface area contributed by atoms with Crippen LogP contribution in [0.5, 0.6) is 11.5 Å². The van der Waals surface area contributed by atoms with Gasteiger partial charge in [-0.15, -0.1) is 0 Å². The molecule has 0 heterocycles. The van der Waals surface area contributed by atoms with Gasteiger partial charge in [-0.05, 0) is 61.0 Å². The van der Waals surface area contributed by atoms with E-state index >= 15 is 0 Å². The highest BCUT2D eigenvalue weighted by Crippen LogP contribution is 2.21. The van der Waals surface area contributed by atoms with Gasteiger partial charge in [0.25, 0.3) is 5.91 Å². The fourth-order valence-corrected chi connectivity index (χ4v) is 2.98. The fraction of sp³-hybridized carbons (Fsp3) is 0.120. The number of carbonyl (C=O) groups is 1. The van der Waals surface area contributed by atoms with Crippen molar-refractivity contribution in [1.82, 2.24) is 0 Å². The van der Waals surface area contributed by atoms with Crippen LogP contribution in [0.3, 0.4) is 0 Å². The minimum atomic E-state index is -0.492. The molecule has 0 bridgehead atoms. The Labute approximate surface area is 186 Å². The van der Waals surface area contributed by atoms with E-state index in [-0.39, 0.29) is 5.57 Å². The number of rotatable bonds is 8. The van der Waals surface area contributed by atoms with E-state index in [0.717, 1.165) is 5.56 Å². The topological polar surface area (TPSA) is 71.3 Å². The number of halogens is 1. The average Bonchev–Trinajstić information content (AvgIpc) is 2.78. The lowest BCUT2D eigenvalue weighted by Crippen LogP contribution is -2.13. The number of amides is 1. The summed E-state index contributed by atoms with van der Waals surface area (Å²) in [6.45, 7) is 2.78. The molecule has 1 amide bonds. The van der Waals surface area contributed by atoms with Crippen molar-refractivity contribution >= 4 is 29.3 Å². The van der Waals surface area contributed by atoms with Crippen molar-refractivity contribution in [3.63, 3.8) is 0 Å². The van der Waals surface area contributed by atoms with Gasteiger partial charge in [0.05, 0.1) is 6.61 Å². The Hall–Kier alpha value is -3.75. The van der Waals surface area contributed by atoms with Crippen molar-refractivity contribution < 1.29 is 14.3 Å². The molecule has 6 heteroatoms. The van der Waals surface area contributed by atoms with Crippen LogP contribution in [0.15, 0.2) is 78.4 Å². The number of hydrogen-bond acceptors (Lipinski definition) is 4. The van der Waals surface area contributed by atoms with Gasteiger partial charge in [-0.25, -0.2) is 0 Å². The Morgan fingerprint density at radius 2 is 1.81 bits per heavy atom. The van der Waals surface area contributed by atoms with Crippen LogP contribution in [-0.4, -0.2) is 12.5 Å². The molecular weight excluding hydrogens is 412 g/mol. The molecule has 31 heavy (non-hydrogen) atoms. The molecule has 0 atom stereocenters. The summed E-state index contributed by atoms with van der Waals surface area (Å²) in [6.07, 6.45) is 1.52. The van der Waals surface area contributed by atoms with Crippen molar-refractivity contribution in [1.29, 1.82) is 5.26 Å². The molecule has 0 fully saturated rings. The van der Waals surface area contributed by atoms with Crippen LogP contribution in [0.2, 0.25) is 5.02 Å². The standard InChI is InChI=1S/C25H21ClN2O3/c1-2-30-22-12-10-21(11-13-22)28-25(29)20(16-27)14-18-6-5-8-23(15-18)31-17-19-7-3-4-9-24(19)26/h3-15H,2,17H2,1H3,(H,28,29)/b20-14-. The van der Waals surface area contributed by atoms with Crippen LogP contribution in [0.1, 0.15) is 18.1 Å². The third kappa shape index (κ3) is 6.36. The number of carbonyl (C=O) groups excluding carboxylic acids is 1. The molecule has 0 aliphatic rings. The predicted molar refractivity (Wildman–Crippen MR) is 122 cm³/mol. The van der Waals surface area contributed by atoms with E-state index < -0.39 is 5.91 Å². The lowest BCUT2D eigenvalue weighted by Gasteiger charge is -2.09. The number of ether oxygens (including phenoxy) is 2. The van der Waals surface area contributed by atoms with E-state index in [1.807, 2.05) is 37.3 Å². The van der Waals surface area contributed by atoms with Crippen LogP contribution >= 0.6 is 11.6 Å². The van der Waals surface area contributed by atoms with E-state index in [9.17, 15) is 10.1 Å². The van der Waals surface area contributed by atoms with Crippen LogP contribution in [-0.2, 0) is 11.4 Å². The Morgan fingerprint density at radius 1 is 1.03 bits per heavy atom. The zero-order chi connectivity index (χ0) is 22.1. The smallest absolute Gasteiger partial charge is 0.266 e. The minimum absolute atomic E-state index is 0.0165. The van der Waals surface area contributed by atoms with Crippen LogP contribution in [0.4, 0.5) is 5.69 Å². The second-order valence-corrected chi connectivity index (χ2v) is 6.94. The molecular formula is C25H21ClN2O3. The highest BCUT2D eigenvalue weighted by molar-refractivity contribution is 6.31. The molecule has 5 nitrogen and oxygen atoms in total. The van der Waals surface area contributed by atoms with Gasteiger partial charge >= 0.3 is 0 Å². The number of nitrogens with zero attached hydrogens (tertiary/aromatic N) is 1. The van der Waals surface area contributed by atoms with Crippen molar-refractivity contribution in [2.24, 2.45) is 0 Å². The molecule has 0 saturated heterocycles. The number of anilines is 1. The number of nitrogens with one attached hydrogen (secondary N) is 1. The van der Waals surface area contributed by atoms with Crippen LogP contribution in [0.25, 0.3) is 6.08 Å². The Morgan fingerprint density at radius 3 is 2.52 bits per heavy atom. The molecule has 0 radical (unpaired) electrons. The molecule has 0 spiro atoms. The van der Waals surface area contributed by atoms with Gasteiger partial charge in [0.15, 0.2) is 0 Å². The molecule has 3 rings (SSSR count). The first-order valence-corrected chi connectivity index (χ1v) is 10.1. The summed E-state index contributed by atoms with van der Waals surface area (Å²) in [4.78, 5) is 12.5. The first kappa shape index (κ1) is 21.9. The minimum Gasteiger partial charge on any atom is -0.494 e. The molecule has 3 aromatic carbocycles. The van der Waals surface area contributed by atoms with Gasteiger partial charge in [-0.1, -0.05) is 41.9 Å². The summed E-state index contributed by atoms with van der Waals surface area (Å²) in [5.74, 6) is 0.831. The second-order valence-electron chi connectivity index (χ2n) is 6.53. The van der Waals surface area contributed by atoms with E-state index in [2.05, 4.69) is 5.32 Å². The summed E-state index contributed by atoms with van der Waals surface area (Å²) in [5, 5.41) is 12.8. The normalized spacial score (nSPS) is 10.8. The maximum absolute atomic E-state index is 12.5. The van der Waals surface area contributed by atoms with E-state index in [1.165, 1.54) is 6.08 Å². The third-order valence-electron chi connectivity index (χ3n) is 4.31. The largest absolute Gasteiger partial charge is 0.494 e. The predicted octanol–water partition coefficient (Wildman–Crippen LogP) is 5.86. The van der Waals surface area contributed by atoms with Crippen molar-refractivity contribution in [2.45, 2.75) is 13.5 Å². The van der Waals surface area contributed by atoms with E-state index in [0.29, 0.717) is 41.0 Å². The number of hydrogen-bond donors (Lipinski definition) is 1. The lowest BCUT2D eigenvalue weighted by molar-refractivity contribution is -0.112. The zero-order valence-electron chi connectivity index (χ0n) is 17.0. The Bertz CT molecular complexity index is 1120. The van der Waals surface area contributed by atoms with Gasteiger partial charge in [-0.2, -0.15) is 5.26 Å². The second kappa shape index (κ2) is 10.9. The first-order chi connectivity index (χ1) is 15.1. The fourth-order valence-electron chi connectivity index (χ4n) is 2.79. The molecule has 3 aromatic rings. The summed E-state index contributed by atoms with van der Waals surface area (Å²) in [6, 6.07) is 23.5. The lowest BCUT2D eigenvalue weighted by atomic mass is 10.1. The molecule has 1 N–H and O–H groups in total. The molecule has 156 valence electrons.